The van der Waals surface area contributed by atoms with E-state index in [9.17, 15) is 19.1 Å². The van der Waals surface area contributed by atoms with Crippen LogP contribution in [0.1, 0.15) is 15.9 Å². The number of hydrogen-bond donors (Lipinski definition) is 1. The number of benzene rings is 2. The van der Waals surface area contributed by atoms with E-state index in [0.717, 1.165) is 11.6 Å². The molecule has 1 heterocycles. The molecule has 0 spiro atoms. The molecule has 106 valence electrons. The monoisotopic (exact) mass is 349 g/mol. The van der Waals surface area contributed by atoms with Crippen LogP contribution in [0.15, 0.2) is 40.9 Å². The molecule has 0 saturated carbocycles. The molecule has 0 unspecified atom stereocenters. The Balaban J connectivity index is 2.03. The minimum Gasteiger partial charge on any atom is -0.508 e. The first-order valence-electron chi connectivity index (χ1n) is 6.10. The van der Waals surface area contributed by atoms with E-state index in [0.29, 0.717) is 10.2 Å². The number of anilines is 1. The van der Waals surface area contributed by atoms with Gasteiger partial charge in [-0.3, -0.25) is 14.5 Å². The summed E-state index contributed by atoms with van der Waals surface area (Å²) < 4.78 is 13.7. The topological polar surface area (TPSA) is 57.6 Å². The Morgan fingerprint density at radius 3 is 2.48 bits per heavy atom. The smallest absolute Gasteiger partial charge is 0.299 e. The number of phenols is 1. The molecule has 0 fully saturated rings. The minimum atomic E-state index is -0.719. The quantitative estimate of drug-likeness (QED) is 0.847. The summed E-state index contributed by atoms with van der Waals surface area (Å²) in [6, 6.07) is 8.59. The summed E-state index contributed by atoms with van der Waals surface area (Å²) in [5.74, 6) is -1.87. The third-order valence-corrected chi connectivity index (χ3v) is 3.86. The molecule has 0 radical (unpaired) electrons. The highest BCUT2D eigenvalue weighted by Gasteiger charge is 2.37. The number of phenolic OH excluding ortho intramolecular Hbond substituents is 1. The fraction of sp³-hybridized carbons (Fsp3) is 0.0667. The van der Waals surface area contributed by atoms with Gasteiger partial charge in [0.1, 0.15) is 11.6 Å². The Kier molecular flexibility index (Phi) is 3.25. The molecule has 1 aliphatic rings. The highest BCUT2D eigenvalue weighted by Crippen LogP contribution is 2.37. The van der Waals surface area contributed by atoms with Crippen molar-refractivity contribution in [3.8, 4) is 5.75 Å². The normalized spacial score (nSPS) is 13.7. The van der Waals surface area contributed by atoms with E-state index in [-0.39, 0.29) is 17.9 Å². The summed E-state index contributed by atoms with van der Waals surface area (Å²) in [6.45, 7) is 0.169. The van der Waals surface area contributed by atoms with Crippen LogP contribution in [0, 0.1) is 5.82 Å². The van der Waals surface area contributed by atoms with Gasteiger partial charge in [-0.05, 0) is 45.8 Å². The Bertz CT molecular complexity index is 758. The van der Waals surface area contributed by atoms with E-state index in [1.165, 1.54) is 23.1 Å². The second-order valence-corrected chi connectivity index (χ2v) is 5.52. The minimum absolute atomic E-state index is 0.0608. The van der Waals surface area contributed by atoms with E-state index in [4.69, 9.17) is 0 Å². The number of hydrogen-bond acceptors (Lipinski definition) is 3. The Labute approximate surface area is 127 Å². The van der Waals surface area contributed by atoms with Gasteiger partial charge in [0.05, 0.1) is 17.8 Å². The van der Waals surface area contributed by atoms with Crippen LogP contribution in [0.25, 0.3) is 0 Å². The lowest BCUT2D eigenvalue weighted by molar-refractivity contribution is -0.114. The Hall–Kier alpha value is -2.21. The molecule has 0 bridgehead atoms. The number of fused-ring (bicyclic) bond motifs is 1. The van der Waals surface area contributed by atoms with E-state index < -0.39 is 17.5 Å². The molecule has 4 nitrogen and oxygen atoms in total. The van der Waals surface area contributed by atoms with Gasteiger partial charge in [0.15, 0.2) is 0 Å². The predicted molar refractivity (Wildman–Crippen MR) is 77.7 cm³/mol. The van der Waals surface area contributed by atoms with Gasteiger partial charge in [-0.25, -0.2) is 4.39 Å². The standard InChI is InChI=1S/C15H9BrFNO3/c16-12-6-9(17)5-11-13(12)18(15(21)14(11)20)7-8-1-3-10(19)4-2-8/h1-6,19H,7H2. The fourth-order valence-electron chi connectivity index (χ4n) is 2.29. The van der Waals surface area contributed by atoms with E-state index in [1.54, 1.807) is 12.1 Å². The van der Waals surface area contributed by atoms with Crippen molar-refractivity contribution >= 4 is 33.3 Å². The molecule has 21 heavy (non-hydrogen) atoms. The van der Waals surface area contributed by atoms with Gasteiger partial charge in [0.25, 0.3) is 11.7 Å². The third kappa shape index (κ3) is 2.31. The largest absolute Gasteiger partial charge is 0.508 e. The van der Waals surface area contributed by atoms with Crippen LogP contribution in [0.4, 0.5) is 10.1 Å². The van der Waals surface area contributed by atoms with Gasteiger partial charge < -0.3 is 5.11 Å². The van der Waals surface area contributed by atoms with Crippen LogP contribution in [0.2, 0.25) is 0 Å². The Morgan fingerprint density at radius 1 is 1.14 bits per heavy atom. The molecular weight excluding hydrogens is 341 g/mol. The first-order valence-corrected chi connectivity index (χ1v) is 6.90. The third-order valence-electron chi connectivity index (χ3n) is 3.26. The second kappa shape index (κ2) is 4.96. The zero-order valence-corrected chi connectivity index (χ0v) is 12.2. The van der Waals surface area contributed by atoms with Crippen molar-refractivity contribution in [2.45, 2.75) is 6.54 Å². The van der Waals surface area contributed by atoms with Gasteiger partial charge in [0, 0.05) is 4.47 Å². The lowest BCUT2D eigenvalue weighted by Crippen LogP contribution is -2.29. The lowest BCUT2D eigenvalue weighted by Gasteiger charge is -2.18. The molecule has 1 aliphatic heterocycles. The number of amides is 1. The van der Waals surface area contributed by atoms with Crippen molar-refractivity contribution in [2.24, 2.45) is 0 Å². The van der Waals surface area contributed by atoms with Crippen molar-refractivity contribution in [1.82, 2.24) is 0 Å². The molecule has 3 rings (SSSR count). The first-order chi connectivity index (χ1) is 9.97. The van der Waals surface area contributed by atoms with Crippen LogP contribution in [-0.4, -0.2) is 16.8 Å². The van der Waals surface area contributed by atoms with Crippen LogP contribution < -0.4 is 4.90 Å². The maximum Gasteiger partial charge on any atom is 0.299 e. The summed E-state index contributed by atoms with van der Waals surface area (Å²) in [4.78, 5) is 25.3. The van der Waals surface area contributed by atoms with Gasteiger partial charge >= 0.3 is 0 Å². The van der Waals surface area contributed by atoms with Crippen LogP contribution in [0.5, 0.6) is 5.75 Å². The number of rotatable bonds is 2. The SMILES string of the molecule is O=C1C(=O)N(Cc2ccc(O)cc2)c2c(Br)cc(F)cc21. The number of ketones is 1. The molecule has 2 aromatic rings. The summed E-state index contributed by atoms with van der Waals surface area (Å²) in [5.41, 5.74) is 1.18. The molecule has 0 aromatic heterocycles. The maximum atomic E-state index is 13.4. The first kappa shape index (κ1) is 13.8. The van der Waals surface area contributed by atoms with Crippen LogP contribution in [-0.2, 0) is 11.3 Å². The number of nitrogens with zero attached hydrogens (tertiary/aromatic N) is 1. The number of carbonyl (C=O) groups excluding carboxylic acids is 2. The van der Waals surface area contributed by atoms with Crippen LogP contribution >= 0.6 is 15.9 Å². The molecule has 0 aliphatic carbocycles. The Morgan fingerprint density at radius 2 is 1.81 bits per heavy atom. The number of halogens is 2. The van der Waals surface area contributed by atoms with Crippen LogP contribution in [0.3, 0.4) is 0 Å². The van der Waals surface area contributed by atoms with E-state index in [1.807, 2.05) is 0 Å². The average Bonchev–Trinajstić information content (AvgIpc) is 2.67. The molecule has 6 heteroatoms. The maximum absolute atomic E-state index is 13.4. The lowest BCUT2D eigenvalue weighted by atomic mass is 10.1. The van der Waals surface area contributed by atoms with E-state index >= 15 is 0 Å². The van der Waals surface area contributed by atoms with Crippen molar-refractivity contribution in [2.75, 3.05) is 4.90 Å². The van der Waals surface area contributed by atoms with E-state index in [2.05, 4.69) is 15.9 Å². The highest BCUT2D eigenvalue weighted by atomic mass is 79.9. The van der Waals surface area contributed by atoms with Gasteiger partial charge in [-0.15, -0.1) is 0 Å². The molecular formula is C15H9BrFNO3. The second-order valence-electron chi connectivity index (χ2n) is 4.67. The summed E-state index contributed by atoms with van der Waals surface area (Å²) >= 11 is 3.19. The molecule has 1 N–H and O–H groups in total. The van der Waals surface area contributed by atoms with Gasteiger partial charge in [-0.2, -0.15) is 0 Å². The molecule has 1 amide bonds. The van der Waals surface area contributed by atoms with Gasteiger partial charge in [-0.1, -0.05) is 12.1 Å². The van der Waals surface area contributed by atoms with Crippen molar-refractivity contribution < 1.29 is 19.1 Å². The number of aromatic hydroxyl groups is 1. The highest BCUT2D eigenvalue weighted by molar-refractivity contribution is 9.10. The molecule has 0 atom stereocenters. The summed E-state index contributed by atoms with van der Waals surface area (Å²) in [7, 11) is 0. The van der Waals surface area contributed by atoms with Crippen molar-refractivity contribution in [3.63, 3.8) is 0 Å². The van der Waals surface area contributed by atoms with Crippen molar-refractivity contribution in [3.05, 3.63) is 57.8 Å². The number of Topliss-reactive ketones (excluding diaryl/α,β-unsaturated/α-hetero) is 1. The molecule has 2 aromatic carbocycles. The zero-order chi connectivity index (χ0) is 15.1. The average molecular weight is 350 g/mol. The summed E-state index contributed by atoms with van der Waals surface area (Å²) in [6.07, 6.45) is 0. The summed E-state index contributed by atoms with van der Waals surface area (Å²) in [5, 5.41) is 9.26. The van der Waals surface area contributed by atoms with Crippen molar-refractivity contribution in [1.29, 1.82) is 0 Å². The number of carbonyl (C=O) groups is 2. The molecule has 0 saturated heterocycles. The predicted octanol–water partition coefficient (Wildman–Crippen LogP) is 3.02. The van der Waals surface area contributed by atoms with Gasteiger partial charge in [0.2, 0.25) is 0 Å². The zero-order valence-electron chi connectivity index (χ0n) is 10.6. The fourth-order valence-corrected chi connectivity index (χ4v) is 2.93.